The Morgan fingerprint density at radius 1 is 1.13 bits per heavy atom. The van der Waals surface area contributed by atoms with E-state index in [-0.39, 0.29) is 17.9 Å². The number of nitrogens with zero attached hydrogens (tertiary/aromatic N) is 1. The zero-order chi connectivity index (χ0) is 16.7. The van der Waals surface area contributed by atoms with Crippen molar-refractivity contribution in [3.63, 3.8) is 0 Å². The van der Waals surface area contributed by atoms with Gasteiger partial charge < -0.3 is 10.2 Å². The van der Waals surface area contributed by atoms with Gasteiger partial charge in [-0.2, -0.15) is 0 Å². The quantitative estimate of drug-likeness (QED) is 0.841. The van der Waals surface area contributed by atoms with Crippen molar-refractivity contribution in [3.8, 4) is 0 Å². The zero-order valence-corrected chi connectivity index (χ0v) is 14.3. The molecule has 1 saturated heterocycles. The molecule has 1 aromatic carbocycles. The van der Waals surface area contributed by atoms with Crippen molar-refractivity contribution in [2.24, 2.45) is 5.92 Å². The van der Waals surface area contributed by atoms with E-state index in [1.54, 1.807) is 0 Å². The summed E-state index contributed by atoms with van der Waals surface area (Å²) in [6.07, 6.45) is 3.97. The highest BCUT2D eigenvalue weighted by Crippen LogP contribution is 2.14. The molecule has 0 aliphatic carbocycles. The van der Waals surface area contributed by atoms with Crippen LogP contribution >= 0.6 is 0 Å². The summed E-state index contributed by atoms with van der Waals surface area (Å²) >= 11 is 0. The van der Waals surface area contributed by atoms with E-state index >= 15 is 0 Å². The lowest BCUT2D eigenvalue weighted by atomic mass is 10.0. The van der Waals surface area contributed by atoms with E-state index in [2.05, 4.69) is 19.2 Å². The Balaban J connectivity index is 1.88. The maximum Gasteiger partial charge on any atom is 0.245 e. The number of hydrogen-bond acceptors (Lipinski definition) is 2. The van der Waals surface area contributed by atoms with Crippen LogP contribution < -0.4 is 5.32 Å². The fourth-order valence-electron chi connectivity index (χ4n) is 3.02. The second-order valence-electron chi connectivity index (χ2n) is 6.77. The molecule has 1 atom stereocenters. The van der Waals surface area contributed by atoms with E-state index in [0.29, 0.717) is 25.2 Å². The summed E-state index contributed by atoms with van der Waals surface area (Å²) in [7, 11) is 0. The van der Waals surface area contributed by atoms with Gasteiger partial charge in [-0.15, -0.1) is 0 Å². The smallest absolute Gasteiger partial charge is 0.245 e. The van der Waals surface area contributed by atoms with Gasteiger partial charge in [-0.1, -0.05) is 44.2 Å². The number of nitrogens with one attached hydrogen (secondary N) is 1. The number of benzene rings is 1. The van der Waals surface area contributed by atoms with Gasteiger partial charge in [-0.25, -0.2) is 0 Å². The number of likely N-dealkylation sites (tertiary alicyclic amines) is 1. The average Bonchev–Trinajstić information content (AvgIpc) is 3.06. The fourth-order valence-corrected chi connectivity index (χ4v) is 3.02. The van der Waals surface area contributed by atoms with Crippen LogP contribution in [0.2, 0.25) is 0 Å². The van der Waals surface area contributed by atoms with Gasteiger partial charge in [-0.3, -0.25) is 9.59 Å². The molecule has 126 valence electrons. The second-order valence-corrected chi connectivity index (χ2v) is 6.77. The highest BCUT2D eigenvalue weighted by atomic mass is 16.2. The molecule has 0 aromatic heterocycles. The molecule has 4 heteroatoms. The predicted octanol–water partition coefficient (Wildman–Crippen LogP) is 2.77. The highest BCUT2D eigenvalue weighted by Gasteiger charge is 2.28. The van der Waals surface area contributed by atoms with Crippen molar-refractivity contribution < 1.29 is 9.59 Å². The molecule has 1 aliphatic rings. The van der Waals surface area contributed by atoms with Crippen LogP contribution in [0.1, 0.15) is 45.1 Å². The van der Waals surface area contributed by atoms with Crippen LogP contribution in [0.4, 0.5) is 0 Å². The molecule has 0 saturated carbocycles. The monoisotopic (exact) mass is 316 g/mol. The Labute approximate surface area is 139 Å². The van der Waals surface area contributed by atoms with Crippen LogP contribution in [-0.2, 0) is 16.0 Å². The maximum absolute atomic E-state index is 12.6. The second kappa shape index (κ2) is 8.70. The van der Waals surface area contributed by atoms with Crippen LogP contribution in [-0.4, -0.2) is 35.8 Å². The summed E-state index contributed by atoms with van der Waals surface area (Å²) in [5.74, 6) is 0.428. The number of carbonyl (C=O) groups excluding carboxylic acids is 2. The molecular weight excluding hydrogens is 288 g/mol. The first-order valence-electron chi connectivity index (χ1n) is 8.68. The first-order chi connectivity index (χ1) is 11.1. The largest absolute Gasteiger partial charge is 0.344 e. The van der Waals surface area contributed by atoms with E-state index < -0.39 is 0 Å². The van der Waals surface area contributed by atoms with E-state index in [4.69, 9.17) is 0 Å². The lowest BCUT2D eigenvalue weighted by Gasteiger charge is -2.25. The summed E-state index contributed by atoms with van der Waals surface area (Å²) in [5.41, 5.74) is 1.15. The van der Waals surface area contributed by atoms with Crippen LogP contribution in [0.5, 0.6) is 0 Å². The lowest BCUT2D eigenvalue weighted by Crippen LogP contribution is -2.48. The summed E-state index contributed by atoms with van der Waals surface area (Å²) in [5, 5.41) is 2.97. The van der Waals surface area contributed by atoms with Gasteiger partial charge in [0.05, 0.1) is 0 Å². The predicted molar refractivity (Wildman–Crippen MR) is 92.0 cm³/mol. The van der Waals surface area contributed by atoms with Gasteiger partial charge in [0.15, 0.2) is 0 Å². The summed E-state index contributed by atoms with van der Waals surface area (Å²) < 4.78 is 0. The number of amides is 2. The molecule has 1 heterocycles. The molecule has 2 amide bonds. The van der Waals surface area contributed by atoms with Gasteiger partial charge in [-0.05, 0) is 37.2 Å². The van der Waals surface area contributed by atoms with Gasteiger partial charge in [0, 0.05) is 19.5 Å². The van der Waals surface area contributed by atoms with Gasteiger partial charge in [0.25, 0.3) is 0 Å². The molecule has 2 rings (SSSR count). The standard InChI is InChI=1S/C19H28N2O2/c1-15(2)14-17(19(23)21-12-6-7-13-21)20-18(22)11-10-16-8-4-3-5-9-16/h3-5,8-9,15,17H,6-7,10-14H2,1-2H3,(H,20,22)/t17-/m0/s1. The van der Waals surface area contributed by atoms with Gasteiger partial charge >= 0.3 is 0 Å². The minimum atomic E-state index is -0.378. The molecule has 0 radical (unpaired) electrons. The van der Waals surface area contributed by atoms with Crippen LogP contribution in [0, 0.1) is 5.92 Å². The zero-order valence-electron chi connectivity index (χ0n) is 14.3. The molecule has 1 aromatic rings. The normalized spacial score (nSPS) is 15.7. The summed E-state index contributed by atoms with van der Waals surface area (Å²) in [6, 6.07) is 9.59. The van der Waals surface area contributed by atoms with E-state index in [1.807, 2.05) is 35.2 Å². The molecule has 0 unspecified atom stereocenters. The number of rotatable bonds is 7. The minimum absolute atomic E-state index is 0.0351. The summed E-state index contributed by atoms with van der Waals surface area (Å²) in [4.78, 5) is 26.7. The highest BCUT2D eigenvalue weighted by molar-refractivity contribution is 5.87. The Hall–Kier alpha value is -1.84. The average molecular weight is 316 g/mol. The van der Waals surface area contributed by atoms with Crippen molar-refractivity contribution >= 4 is 11.8 Å². The first-order valence-corrected chi connectivity index (χ1v) is 8.68. The topological polar surface area (TPSA) is 49.4 Å². The van der Waals surface area contributed by atoms with E-state index in [0.717, 1.165) is 31.5 Å². The number of carbonyl (C=O) groups is 2. The first kappa shape index (κ1) is 17.5. The van der Waals surface area contributed by atoms with Crippen molar-refractivity contribution in [2.45, 2.75) is 52.0 Å². The van der Waals surface area contributed by atoms with E-state index in [1.165, 1.54) is 0 Å². The lowest BCUT2D eigenvalue weighted by molar-refractivity contribution is -0.136. The SMILES string of the molecule is CC(C)C[C@H](NC(=O)CCc1ccccc1)C(=O)N1CCCC1. The molecule has 1 N–H and O–H groups in total. The molecule has 0 bridgehead atoms. The van der Waals surface area contributed by atoms with Crippen molar-refractivity contribution in [3.05, 3.63) is 35.9 Å². The molecule has 1 fully saturated rings. The van der Waals surface area contributed by atoms with Crippen molar-refractivity contribution in [1.29, 1.82) is 0 Å². The fraction of sp³-hybridized carbons (Fsp3) is 0.579. The molecule has 1 aliphatic heterocycles. The van der Waals surface area contributed by atoms with Crippen molar-refractivity contribution in [2.75, 3.05) is 13.1 Å². The third-order valence-corrected chi connectivity index (χ3v) is 4.24. The maximum atomic E-state index is 12.6. The van der Waals surface area contributed by atoms with Crippen LogP contribution in [0.3, 0.4) is 0 Å². The van der Waals surface area contributed by atoms with Crippen LogP contribution in [0.25, 0.3) is 0 Å². The Bertz CT molecular complexity index is 507. The van der Waals surface area contributed by atoms with Crippen molar-refractivity contribution in [1.82, 2.24) is 10.2 Å². The summed E-state index contributed by atoms with van der Waals surface area (Å²) in [6.45, 7) is 5.82. The Kier molecular flexibility index (Phi) is 6.63. The number of aryl methyl sites for hydroxylation is 1. The minimum Gasteiger partial charge on any atom is -0.344 e. The van der Waals surface area contributed by atoms with Crippen LogP contribution in [0.15, 0.2) is 30.3 Å². The Morgan fingerprint density at radius 2 is 1.78 bits per heavy atom. The number of hydrogen-bond donors (Lipinski definition) is 1. The van der Waals surface area contributed by atoms with Gasteiger partial charge in [0.2, 0.25) is 11.8 Å². The van der Waals surface area contributed by atoms with E-state index in [9.17, 15) is 9.59 Å². The Morgan fingerprint density at radius 3 is 2.39 bits per heavy atom. The molecule has 23 heavy (non-hydrogen) atoms. The molecule has 4 nitrogen and oxygen atoms in total. The third kappa shape index (κ3) is 5.70. The third-order valence-electron chi connectivity index (χ3n) is 4.24. The molecule has 0 spiro atoms. The van der Waals surface area contributed by atoms with Gasteiger partial charge in [0.1, 0.15) is 6.04 Å². The molecular formula is C19H28N2O2.